The summed E-state index contributed by atoms with van der Waals surface area (Å²) in [5, 5.41) is 10.6. The second-order valence-corrected chi connectivity index (χ2v) is 5.22. The number of benzene rings is 1. The van der Waals surface area contributed by atoms with Gasteiger partial charge in [0.25, 0.3) is 5.69 Å². The van der Waals surface area contributed by atoms with Gasteiger partial charge in [0.05, 0.1) is 4.92 Å². The van der Waals surface area contributed by atoms with Crippen LogP contribution in [-0.4, -0.2) is 42.8 Å². The van der Waals surface area contributed by atoms with Crippen molar-refractivity contribution in [3.63, 3.8) is 0 Å². The van der Waals surface area contributed by atoms with Gasteiger partial charge >= 0.3 is 0 Å². The molecule has 110 valence electrons. The maximum absolute atomic E-state index is 12.7. The van der Waals surface area contributed by atoms with Crippen molar-refractivity contribution in [2.45, 2.75) is 25.3 Å². The van der Waals surface area contributed by atoms with Gasteiger partial charge in [0, 0.05) is 37.0 Å². The van der Waals surface area contributed by atoms with E-state index < -0.39 is 11.7 Å². The average Bonchev–Trinajstić information content (AvgIpc) is 2.72. The molecule has 0 aliphatic carbocycles. The number of non-ortho nitro benzene ring substituents is 1. The van der Waals surface area contributed by atoms with Gasteiger partial charge in [-0.15, -0.1) is 0 Å². The molecule has 1 atom stereocenters. The van der Waals surface area contributed by atoms with Crippen LogP contribution in [0.25, 0.3) is 0 Å². The van der Waals surface area contributed by atoms with E-state index in [4.69, 9.17) is 0 Å². The van der Waals surface area contributed by atoms with Crippen LogP contribution < -0.4 is 4.90 Å². The first-order valence-corrected chi connectivity index (χ1v) is 6.87. The van der Waals surface area contributed by atoms with Gasteiger partial charge < -0.3 is 4.90 Å². The molecule has 1 heterocycles. The quantitative estimate of drug-likeness (QED) is 0.484. The molecule has 0 radical (unpaired) electrons. The summed E-state index contributed by atoms with van der Waals surface area (Å²) in [7, 11) is 1.81. The summed E-state index contributed by atoms with van der Waals surface area (Å²) >= 11 is 0. The van der Waals surface area contributed by atoms with Crippen molar-refractivity contribution in [1.82, 2.24) is 4.90 Å². The van der Waals surface area contributed by atoms with Gasteiger partial charge in [0.1, 0.15) is 6.80 Å². The zero-order chi connectivity index (χ0) is 14.5. The highest BCUT2D eigenvalue weighted by molar-refractivity contribution is 5.50. The van der Waals surface area contributed by atoms with Gasteiger partial charge in [0.2, 0.25) is 0 Å². The Morgan fingerprint density at radius 2 is 2.05 bits per heavy atom. The topological polar surface area (TPSA) is 49.6 Å². The molecule has 0 aromatic heterocycles. The highest BCUT2D eigenvalue weighted by Gasteiger charge is 2.20. The normalized spacial score (nSPS) is 19.9. The molecule has 1 fully saturated rings. The molecular weight excluding hydrogens is 261 g/mol. The lowest BCUT2D eigenvalue weighted by Crippen LogP contribution is -2.32. The highest BCUT2D eigenvalue weighted by atomic mass is 19.1. The first kappa shape index (κ1) is 14.7. The number of rotatable bonds is 4. The third-order valence-corrected chi connectivity index (χ3v) is 3.94. The summed E-state index contributed by atoms with van der Waals surface area (Å²) in [5.41, 5.74) is 1.11. The molecule has 5 nitrogen and oxygen atoms in total. The van der Waals surface area contributed by atoms with Gasteiger partial charge in [-0.05, 0) is 38.4 Å². The lowest BCUT2D eigenvalue weighted by Gasteiger charge is -2.25. The number of hydrogen-bond donors (Lipinski definition) is 0. The van der Waals surface area contributed by atoms with Crippen molar-refractivity contribution in [2.75, 3.05) is 31.8 Å². The van der Waals surface area contributed by atoms with E-state index in [1.165, 1.54) is 12.1 Å². The fourth-order valence-corrected chi connectivity index (χ4v) is 2.66. The summed E-state index contributed by atoms with van der Waals surface area (Å²) < 4.78 is 12.7. The zero-order valence-corrected chi connectivity index (χ0v) is 11.7. The van der Waals surface area contributed by atoms with Crippen LogP contribution in [0.3, 0.4) is 0 Å². The van der Waals surface area contributed by atoms with E-state index in [0.29, 0.717) is 0 Å². The summed E-state index contributed by atoms with van der Waals surface area (Å²) in [5.74, 6) is 0. The van der Waals surface area contributed by atoms with E-state index >= 15 is 0 Å². The van der Waals surface area contributed by atoms with Crippen molar-refractivity contribution in [3.8, 4) is 0 Å². The Morgan fingerprint density at radius 3 is 2.65 bits per heavy atom. The Balaban J connectivity index is 2.01. The lowest BCUT2D eigenvalue weighted by atomic mass is 10.1. The van der Waals surface area contributed by atoms with E-state index in [2.05, 4.69) is 4.90 Å². The predicted octanol–water partition coefficient (Wildman–Crippen LogP) is 2.81. The minimum absolute atomic E-state index is 0.110. The van der Waals surface area contributed by atoms with Crippen LogP contribution in [0.1, 0.15) is 19.3 Å². The maximum atomic E-state index is 12.7. The van der Waals surface area contributed by atoms with E-state index in [9.17, 15) is 14.5 Å². The van der Waals surface area contributed by atoms with Gasteiger partial charge in [-0.3, -0.25) is 15.0 Å². The molecule has 1 aliphatic rings. The lowest BCUT2D eigenvalue weighted by molar-refractivity contribution is -0.384. The van der Waals surface area contributed by atoms with Gasteiger partial charge in [-0.25, -0.2) is 4.39 Å². The second kappa shape index (κ2) is 6.65. The average molecular weight is 281 g/mol. The smallest absolute Gasteiger partial charge is 0.269 e. The molecule has 6 heteroatoms. The monoisotopic (exact) mass is 281 g/mol. The summed E-state index contributed by atoms with van der Waals surface area (Å²) in [6.45, 7) is 1.35. The fourth-order valence-electron chi connectivity index (χ4n) is 2.66. The molecule has 0 N–H and O–H groups in total. The fraction of sp³-hybridized carbons (Fsp3) is 0.571. The summed E-state index contributed by atoms with van der Waals surface area (Å²) in [6, 6.07) is 6.92. The van der Waals surface area contributed by atoms with Gasteiger partial charge in [0.15, 0.2) is 0 Å². The number of nitrogens with zero attached hydrogens (tertiary/aromatic N) is 3. The maximum Gasteiger partial charge on any atom is 0.269 e. The molecule has 0 saturated carbocycles. The van der Waals surface area contributed by atoms with E-state index in [-0.39, 0.29) is 11.7 Å². The number of hydrogen-bond acceptors (Lipinski definition) is 4. The molecule has 1 aromatic carbocycles. The minimum Gasteiger partial charge on any atom is -0.371 e. The van der Waals surface area contributed by atoms with Crippen LogP contribution in [0.5, 0.6) is 0 Å². The third-order valence-electron chi connectivity index (χ3n) is 3.94. The Morgan fingerprint density at radius 1 is 1.35 bits per heavy atom. The van der Waals surface area contributed by atoms with Crippen molar-refractivity contribution < 1.29 is 9.31 Å². The van der Waals surface area contributed by atoms with Crippen LogP contribution in [0.4, 0.5) is 15.8 Å². The Bertz CT molecular complexity index is 452. The SMILES string of the molecule is CN(CF)C1CCCN(c2ccc([N+](=O)[O-])cc2)CC1. The van der Waals surface area contributed by atoms with E-state index in [1.54, 1.807) is 17.0 Å². The molecule has 1 aromatic rings. The van der Waals surface area contributed by atoms with Gasteiger partial charge in [-0.1, -0.05) is 0 Å². The number of nitro benzene ring substituents is 1. The Kier molecular flexibility index (Phi) is 4.89. The Hall–Kier alpha value is -1.69. The van der Waals surface area contributed by atoms with Crippen LogP contribution in [0.15, 0.2) is 24.3 Å². The molecule has 2 rings (SSSR count). The summed E-state index contributed by atoms with van der Waals surface area (Å²) in [4.78, 5) is 14.2. The van der Waals surface area contributed by atoms with E-state index in [1.807, 2.05) is 7.05 Å². The largest absolute Gasteiger partial charge is 0.371 e. The molecule has 0 bridgehead atoms. The molecule has 0 amide bonds. The number of anilines is 1. The molecular formula is C14H20FN3O2. The van der Waals surface area contributed by atoms with Gasteiger partial charge in [-0.2, -0.15) is 0 Å². The summed E-state index contributed by atoms with van der Waals surface area (Å²) in [6.07, 6.45) is 2.91. The van der Waals surface area contributed by atoms with Crippen LogP contribution in [-0.2, 0) is 0 Å². The molecule has 20 heavy (non-hydrogen) atoms. The molecule has 0 spiro atoms. The van der Waals surface area contributed by atoms with Crippen LogP contribution in [0.2, 0.25) is 0 Å². The number of halogens is 1. The second-order valence-electron chi connectivity index (χ2n) is 5.22. The number of alkyl halides is 1. The van der Waals surface area contributed by atoms with Crippen molar-refractivity contribution in [1.29, 1.82) is 0 Å². The molecule has 1 saturated heterocycles. The van der Waals surface area contributed by atoms with Crippen molar-refractivity contribution in [2.24, 2.45) is 0 Å². The third kappa shape index (κ3) is 3.45. The first-order valence-electron chi connectivity index (χ1n) is 6.87. The van der Waals surface area contributed by atoms with Crippen LogP contribution in [0, 0.1) is 10.1 Å². The zero-order valence-electron chi connectivity index (χ0n) is 11.7. The highest BCUT2D eigenvalue weighted by Crippen LogP contribution is 2.23. The molecule has 1 aliphatic heterocycles. The van der Waals surface area contributed by atoms with Crippen molar-refractivity contribution >= 4 is 11.4 Å². The van der Waals surface area contributed by atoms with E-state index in [0.717, 1.165) is 38.0 Å². The minimum atomic E-state index is -0.414. The van der Waals surface area contributed by atoms with Crippen LogP contribution >= 0.6 is 0 Å². The first-order chi connectivity index (χ1) is 9.61. The predicted molar refractivity (Wildman–Crippen MR) is 76.7 cm³/mol. The molecule has 1 unspecified atom stereocenters. The number of nitro groups is 1. The Labute approximate surface area is 118 Å². The van der Waals surface area contributed by atoms with Crippen molar-refractivity contribution in [3.05, 3.63) is 34.4 Å². The standard InChI is InChI=1S/C14H20FN3O2/c1-16(11-15)12-3-2-9-17(10-8-12)13-4-6-14(7-5-13)18(19)20/h4-7,12H,2-3,8-11H2,1H3.